The molecular weight excluding hydrogens is 277 g/mol. The van der Waals surface area contributed by atoms with Gasteiger partial charge in [0.15, 0.2) is 0 Å². The molecule has 0 saturated heterocycles. The van der Waals surface area contributed by atoms with E-state index < -0.39 is 11.7 Å². The van der Waals surface area contributed by atoms with Crippen LogP contribution < -0.4 is 10.2 Å². The Morgan fingerprint density at radius 2 is 2.05 bits per heavy atom. The minimum absolute atomic E-state index is 0.103. The lowest BCUT2D eigenvalue weighted by Crippen LogP contribution is -2.39. The Bertz CT molecular complexity index is 567. The number of nitrogens with one attached hydrogen (secondary N) is 1. The average molecular weight is 296 g/mol. The fraction of sp³-hybridized carbons (Fsp3) is 0.625. The molecule has 3 aliphatic rings. The summed E-state index contributed by atoms with van der Waals surface area (Å²) >= 11 is 0. The number of alkyl halides is 3. The van der Waals surface area contributed by atoms with Crippen LogP contribution in [0.4, 0.5) is 18.9 Å². The third-order valence-corrected chi connectivity index (χ3v) is 5.28. The molecule has 1 aromatic rings. The van der Waals surface area contributed by atoms with Crippen LogP contribution in [-0.4, -0.2) is 19.6 Å². The van der Waals surface area contributed by atoms with Gasteiger partial charge in [0.05, 0.1) is 5.56 Å². The molecule has 5 heteroatoms. The van der Waals surface area contributed by atoms with E-state index in [2.05, 4.69) is 10.2 Å². The van der Waals surface area contributed by atoms with Crippen molar-refractivity contribution >= 4 is 5.69 Å². The second-order valence-electron chi connectivity index (χ2n) is 6.45. The smallest absolute Gasteiger partial charge is 0.369 e. The van der Waals surface area contributed by atoms with Crippen LogP contribution in [0.3, 0.4) is 0 Å². The van der Waals surface area contributed by atoms with Gasteiger partial charge in [-0.15, -0.1) is 0 Å². The lowest BCUT2D eigenvalue weighted by molar-refractivity contribution is -0.138. The minimum Gasteiger partial charge on any atom is -0.369 e. The number of hydrogen-bond donors (Lipinski definition) is 1. The van der Waals surface area contributed by atoms with E-state index in [1.54, 1.807) is 6.07 Å². The maximum absolute atomic E-state index is 13.5. The number of anilines is 1. The van der Waals surface area contributed by atoms with Gasteiger partial charge in [0.25, 0.3) is 0 Å². The van der Waals surface area contributed by atoms with E-state index in [1.807, 2.05) is 0 Å². The monoisotopic (exact) mass is 296 g/mol. The zero-order valence-electron chi connectivity index (χ0n) is 11.8. The third-order valence-electron chi connectivity index (χ3n) is 5.28. The van der Waals surface area contributed by atoms with Gasteiger partial charge >= 0.3 is 6.18 Å². The van der Waals surface area contributed by atoms with E-state index in [1.165, 1.54) is 6.07 Å². The van der Waals surface area contributed by atoms with Gasteiger partial charge in [-0.2, -0.15) is 13.2 Å². The number of halogens is 3. The quantitative estimate of drug-likeness (QED) is 0.788. The molecule has 4 rings (SSSR count). The van der Waals surface area contributed by atoms with Crippen LogP contribution in [-0.2, 0) is 12.7 Å². The first-order valence-corrected chi connectivity index (χ1v) is 7.74. The fourth-order valence-electron chi connectivity index (χ4n) is 4.44. The van der Waals surface area contributed by atoms with Crippen molar-refractivity contribution in [2.45, 2.75) is 37.9 Å². The summed E-state index contributed by atoms with van der Waals surface area (Å²) < 4.78 is 40.4. The molecule has 1 N–H and O–H groups in total. The molecular formula is C16H19F3N2. The van der Waals surface area contributed by atoms with Crippen LogP contribution >= 0.6 is 0 Å². The molecule has 2 heterocycles. The van der Waals surface area contributed by atoms with Gasteiger partial charge in [-0.25, -0.2) is 0 Å². The number of nitrogens with zero attached hydrogens (tertiary/aromatic N) is 1. The molecule has 0 spiro atoms. The van der Waals surface area contributed by atoms with Gasteiger partial charge in [-0.1, -0.05) is 12.5 Å². The van der Waals surface area contributed by atoms with Crippen molar-refractivity contribution < 1.29 is 13.2 Å². The molecule has 0 amide bonds. The van der Waals surface area contributed by atoms with Crippen molar-refractivity contribution in [1.29, 1.82) is 0 Å². The molecule has 0 aromatic heterocycles. The van der Waals surface area contributed by atoms with E-state index in [0.29, 0.717) is 18.0 Å². The zero-order chi connectivity index (χ0) is 14.6. The van der Waals surface area contributed by atoms with Crippen LogP contribution in [0.25, 0.3) is 0 Å². The zero-order valence-corrected chi connectivity index (χ0v) is 11.8. The maximum Gasteiger partial charge on any atom is 0.416 e. The number of benzene rings is 1. The predicted octanol–water partition coefficient (Wildman–Crippen LogP) is 3.51. The highest BCUT2D eigenvalue weighted by molar-refractivity contribution is 5.67. The van der Waals surface area contributed by atoms with E-state index in [0.717, 1.165) is 50.1 Å². The molecule has 2 aliphatic heterocycles. The highest BCUT2D eigenvalue weighted by atomic mass is 19.4. The SMILES string of the molecule is FC(F)(F)c1ccc2c3c1C1CCCC1CN3CCNC2. The normalized spacial score (nSPS) is 28.0. The highest BCUT2D eigenvalue weighted by Gasteiger charge is 2.44. The van der Waals surface area contributed by atoms with Crippen molar-refractivity contribution in [2.75, 3.05) is 24.5 Å². The van der Waals surface area contributed by atoms with Crippen LogP contribution in [0.1, 0.15) is 41.9 Å². The van der Waals surface area contributed by atoms with Crippen molar-refractivity contribution in [3.8, 4) is 0 Å². The summed E-state index contributed by atoms with van der Waals surface area (Å²) in [5.41, 5.74) is 2.11. The Morgan fingerprint density at radius 1 is 1.19 bits per heavy atom. The molecule has 1 aliphatic carbocycles. The van der Waals surface area contributed by atoms with Crippen molar-refractivity contribution in [3.63, 3.8) is 0 Å². The summed E-state index contributed by atoms with van der Waals surface area (Å²) in [6.07, 6.45) is -1.22. The van der Waals surface area contributed by atoms with Crippen LogP contribution in [0.5, 0.6) is 0 Å². The van der Waals surface area contributed by atoms with Crippen molar-refractivity contribution in [3.05, 3.63) is 28.8 Å². The first-order valence-electron chi connectivity index (χ1n) is 7.74. The molecule has 2 unspecified atom stereocenters. The second-order valence-corrected chi connectivity index (χ2v) is 6.45. The van der Waals surface area contributed by atoms with Gasteiger partial charge in [-0.3, -0.25) is 0 Å². The summed E-state index contributed by atoms with van der Waals surface area (Å²) in [4.78, 5) is 2.20. The van der Waals surface area contributed by atoms with Gasteiger partial charge in [-0.05, 0) is 41.9 Å². The molecule has 1 fully saturated rings. The van der Waals surface area contributed by atoms with E-state index >= 15 is 0 Å². The van der Waals surface area contributed by atoms with Crippen molar-refractivity contribution in [1.82, 2.24) is 5.32 Å². The van der Waals surface area contributed by atoms with Crippen LogP contribution in [0, 0.1) is 5.92 Å². The van der Waals surface area contributed by atoms with Gasteiger partial charge in [0, 0.05) is 31.9 Å². The number of fused-ring (bicyclic) bond motifs is 2. The average Bonchev–Trinajstić information content (AvgIpc) is 2.80. The molecule has 2 atom stereocenters. The predicted molar refractivity (Wildman–Crippen MR) is 75.4 cm³/mol. The van der Waals surface area contributed by atoms with Crippen LogP contribution in [0.2, 0.25) is 0 Å². The van der Waals surface area contributed by atoms with Crippen molar-refractivity contribution in [2.24, 2.45) is 5.92 Å². The Balaban J connectivity index is 1.95. The minimum atomic E-state index is -4.25. The number of hydrogen-bond acceptors (Lipinski definition) is 2. The molecule has 1 aromatic carbocycles. The Hall–Kier alpha value is -1.23. The van der Waals surface area contributed by atoms with E-state index in [-0.39, 0.29) is 5.92 Å². The Labute approximate surface area is 122 Å². The Kier molecular flexibility index (Phi) is 2.96. The summed E-state index contributed by atoms with van der Waals surface area (Å²) in [5, 5.41) is 3.32. The lowest BCUT2D eigenvalue weighted by Gasteiger charge is -2.40. The van der Waals surface area contributed by atoms with E-state index in [4.69, 9.17) is 0 Å². The third kappa shape index (κ3) is 2.05. The topological polar surface area (TPSA) is 15.3 Å². The largest absolute Gasteiger partial charge is 0.416 e. The summed E-state index contributed by atoms with van der Waals surface area (Å²) in [5.74, 6) is 0.498. The summed E-state index contributed by atoms with van der Waals surface area (Å²) in [6, 6.07) is 2.97. The molecule has 114 valence electrons. The maximum atomic E-state index is 13.5. The molecule has 0 bridgehead atoms. The molecule has 2 nitrogen and oxygen atoms in total. The lowest BCUT2D eigenvalue weighted by atomic mass is 9.79. The second kappa shape index (κ2) is 4.63. The molecule has 0 radical (unpaired) electrons. The molecule has 21 heavy (non-hydrogen) atoms. The summed E-state index contributed by atoms with van der Waals surface area (Å²) in [6.45, 7) is 3.25. The molecule has 1 saturated carbocycles. The van der Waals surface area contributed by atoms with Gasteiger partial charge in [0.2, 0.25) is 0 Å². The standard InChI is InChI=1S/C16H19F3N2/c17-16(18,19)13-5-4-10-8-20-6-7-21-9-11-2-1-3-12(11)14(13)15(10)21/h4-5,11-12,20H,1-3,6-9H2. The van der Waals surface area contributed by atoms with E-state index in [9.17, 15) is 13.2 Å². The fourth-order valence-corrected chi connectivity index (χ4v) is 4.44. The van der Waals surface area contributed by atoms with Crippen LogP contribution in [0.15, 0.2) is 12.1 Å². The van der Waals surface area contributed by atoms with Gasteiger partial charge in [0.1, 0.15) is 0 Å². The number of rotatable bonds is 0. The summed E-state index contributed by atoms with van der Waals surface area (Å²) in [7, 11) is 0. The van der Waals surface area contributed by atoms with Gasteiger partial charge < -0.3 is 10.2 Å². The highest BCUT2D eigenvalue weighted by Crippen LogP contribution is 2.52. The first kappa shape index (κ1) is 13.4. The first-order chi connectivity index (χ1) is 10.1. The Morgan fingerprint density at radius 3 is 2.86 bits per heavy atom.